The third-order valence-electron chi connectivity index (χ3n) is 2.38. The van der Waals surface area contributed by atoms with Gasteiger partial charge in [0.05, 0.1) is 21.9 Å². The summed E-state index contributed by atoms with van der Waals surface area (Å²) in [7, 11) is 0. The topological polar surface area (TPSA) is 33.1 Å². The van der Waals surface area contributed by atoms with E-state index >= 15 is 0 Å². The van der Waals surface area contributed by atoms with E-state index in [1.807, 2.05) is 0 Å². The molecule has 1 unspecified atom stereocenters. The quantitative estimate of drug-likeness (QED) is 0.862. The van der Waals surface area contributed by atoms with Gasteiger partial charge in [-0.25, -0.2) is 13.2 Å². The molecule has 0 fully saturated rings. The average molecular weight is 318 g/mol. The van der Waals surface area contributed by atoms with Crippen molar-refractivity contribution >= 4 is 15.9 Å². The fourth-order valence-corrected chi connectivity index (χ4v) is 1.84. The van der Waals surface area contributed by atoms with Crippen LogP contribution in [0, 0.1) is 17.5 Å². The van der Waals surface area contributed by atoms with Crippen LogP contribution in [-0.4, -0.2) is 10.1 Å². The van der Waals surface area contributed by atoms with Crippen molar-refractivity contribution in [2.75, 3.05) is 0 Å². The zero-order chi connectivity index (χ0) is 13.3. The first kappa shape index (κ1) is 13.0. The molecule has 0 saturated heterocycles. The molecule has 0 radical (unpaired) electrons. The van der Waals surface area contributed by atoms with Crippen molar-refractivity contribution < 1.29 is 18.3 Å². The zero-order valence-electron chi connectivity index (χ0n) is 8.87. The van der Waals surface area contributed by atoms with E-state index in [1.165, 1.54) is 12.1 Å². The molecule has 0 amide bonds. The van der Waals surface area contributed by atoms with Gasteiger partial charge in [-0.2, -0.15) is 0 Å². The van der Waals surface area contributed by atoms with E-state index in [0.717, 1.165) is 18.3 Å². The summed E-state index contributed by atoms with van der Waals surface area (Å²) in [5, 5.41) is 9.88. The Kier molecular flexibility index (Phi) is 3.68. The van der Waals surface area contributed by atoms with E-state index in [1.54, 1.807) is 0 Å². The number of nitrogens with zero attached hydrogens (tertiary/aromatic N) is 1. The van der Waals surface area contributed by atoms with Gasteiger partial charge in [0.1, 0.15) is 23.6 Å². The Morgan fingerprint density at radius 2 is 1.83 bits per heavy atom. The number of aromatic nitrogens is 1. The lowest BCUT2D eigenvalue weighted by Crippen LogP contribution is -2.08. The normalized spacial score (nSPS) is 12.5. The van der Waals surface area contributed by atoms with Gasteiger partial charge in [-0.1, -0.05) is 0 Å². The highest BCUT2D eigenvalue weighted by Gasteiger charge is 2.22. The number of aliphatic hydroxyl groups is 1. The summed E-state index contributed by atoms with van der Waals surface area (Å²) < 4.78 is 40.0. The van der Waals surface area contributed by atoms with Gasteiger partial charge in [0.15, 0.2) is 0 Å². The molecule has 1 heterocycles. The molecule has 0 bridgehead atoms. The third-order valence-corrected chi connectivity index (χ3v) is 3.00. The van der Waals surface area contributed by atoms with Crippen LogP contribution in [0.1, 0.15) is 17.4 Å². The minimum Gasteiger partial charge on any atom is -0.382 e. The highest BCUT2D eigenvalue weighted by atomic mass is 79.9. The van der Waals surface area contributed by atoms with Crippen LogP contribution >= 0.6 is 15.9 Å². The van der Waals surface area contributed by atoms with Crippen molar-refractivity contribution in [1.82, 2.24) is 4.98 Å². The molecular weight excluding hydrogens is 311 g/mol. The van der Waals surface area contributed by atoms with Gasteiger partial charge >= 0.3 is 0 Å². The standard InChI is InChI=1S/C12H7BrF3NO/c13-7-2-3-8(15)10(11(7)16)12(18)9-4-1-6(14)5-17-9/h1-5,12,18H. The van der Waals surface area contributed by atoms with Crippen molar-refractivity contribution in [3.8, 4) is 0 Å². The maximum atomic E-state index is 13.7. The largest absolute Gasteiger partial charge is 0.382 e. The minimum atomic E-state index is -1.59. The summed E-state index contributed by atoms with van der Waals surface area (Å²) in [5.41, 5.74) is -0.559. The van der Waals surface area contributed by atoms with E-state index < -0.39 is 29.1 Å². The highest BCUT2D eigenvalue weighted by Crippen LogP contribution is 2.29. The Hall–Kier alpha value is -1.40. The molecule has 0 spiro atoms. The first-order valence-electron chi connectivity index (χ1n) is 4.93. The van der Waals surface area contributed by atoms with Crippen molar-refractivity contribution in [2.45, 2.75) is 6.10 Å². The fourth-order valence-electron chi connectivity index (χ4n) is 1.49. The molecule has 0 aliphatic heterocycles. The van der Waals surface area contributed by atoms with Crippen LogP contribution in [0.4, 0.5) is 13.2 Å². The van der Waals surface area contributed by atoms with Gasteiger partial charge < -0.3 is 5.11 Å². The third kappa shape index (κ3) is 2.39. The first-order valence-corrected chi connectivity index (χ1v) is 5.73. The molecule has 18 heavy (non-hydrogen) atoms. The summed E-state index contributed by atoms with van der Waals surface area (Å²) in [6.45, 7) is 0. The highest BCUT2D eigenvalue weighted by molar-refractivity contribution is 9.10. The smallest absolute Gasteiger partial charge is 0.146 e. The molecule has 1 aromatic heterocycles. The molecule has 1 aromatic carbocycles. The zero-order valence-corrected chi connectivity index (χ0v) is 10.5. The van der Waals surface area contributed by atoms with Crippen LogP contribution in [0.3, 0.4) is 0 Å². The number of halogens is 4. The predicted octanol–water partition coefficient (Wildman–Crippen LogP) is 3.34. The van der Waals surface area contributed by atoms with Crippen molar-refractivity contribution in [2.24, 2.45) is 0 Å². The molecule has 0 aliphatic rings. The van der Waals surface area contributed by atoms with Crippen molar-refractivity contribution in [1.29, 1.82) is 0 Å². The molecular formula is C12H7BrF3NO. The fraction of sp³-hybridized carbons (Fsp3) is 0.0833. The van der Waals surface area contributed by atoms with Crippen LogP contribution in [-0.2, 0) is 0 Å². The number of rotatable bonds is 2. The number of aliphatic hydroxyl groups excluding tert-OH is 1. The van der Waals surface area contributed by atoms with Gasteiger partial charge in [-0.05, 0) is 40.2 Å². The van der Waals surface area contributed by atoms with E-state index in [0.29, 0.717) is 0 Å². The second kappa shape index (κ2) is 5.07. The summed E-state index contributed by atoms with van der Waals surface area (Å²) in [4.78, 5) is 3.59. The first-order chi connectivity index (χ1) is 8.50. The van der Waals surface area contributed by atoms with E-state index in [-0.39, 0.29) is 10.2 Å². The van der Waals surface area contributed by atoms with E-state index in [2.05, 4.69) is 20.9 Å². The van der Waals surface area contributed by atoms with Crippen LogP contribution < -0.4 is 0 Å². The van der Waals surface area contributed by atoms with Gasteiger partial charge in [-0.15, -0.1) is 0 Å². The second-order valence-corrected chi connectivity index (χ2v) is 4.42. The molecule has 2 aromatic rings. The van der Waals surface area contributed by atoms with Crippen LogP contribution in [0.15, 0.2) is 34.9 Å². The van der Waals surface area contributed by atoms with Gasteiger partial charge in [0.25, 0.3) is 0 Å². The number of hydrogen-bond acceptors (Lipinski definition) is 2. The van der Waals surface area contributed by atoms with Gasteiger partial charge in [0.2, 0.25) is 0 Å². The molecule has 1 N–H and O–H groups in total. The van der Waals surface area contributed by atoms with Gasteiger partial charge in [0, 0.05) is 0 Å². The maximum absolute atomic E-state index is 13.7. The maximum Gasteiger partial charge on any atom is 0.146 e. The Bertz CT molecular complexity index is 574. The number of benzene rings is 1. The summed E-state index contributed by atoms with van der Waals surface area (Å²) in [6.07, 6.45) is -0.727. The molecule has 0 aliphatic carbocycles. The molecule has 2 nitrogen and oxygen atoms in total. The minimum absolute atomic E-state index is 0.0278. The van der Waals surface area contributed by atoms with Crippen LogP contribution in [0.5, 0.6) is 0 Å². The Morgan fingerprint density at radius 3 is 2.44 bits per heavy atom. The van der Waals surface area contributed by atoms with Gasteiger partial charge in [-0.3, -0.25) is 4.98 Å². The monoisotopic (exact) mass is 317 g/mol. The summed E-state index contributed by atoms with van der Waals surface area (Å²) in [5.74, 6) is -2.40. The molecule has 0 saturated carbocycles. The SMILES string of the molecule is OC(c1ccc(F)cn1)c1c(F)ccc(Br)c1F. The number of hydrogen-bond donors (Lipinski definition) is 1. The Labute approximate surface area is 109 Å². The van der Waals surface area contributed by atoms with E-state index in [9.17, 15) is 18.3 Å². The molecule has 94 valence electrons. The van der Waals surface area contributed by atoms with Crippen molar-refractivity contribution in [3.63, 3.8) is 0 Å². The molecule has 2 rings (SSSR count). The summed E-state index contributed by atoms with van der Waals surface area (Å²) in [6, 6.07) is 4.44. The Morgan fingerprint density at radius 1 is 1.11 bits per heavy atom. The van der Waals surface area contributed by atoms with Crippen LogP contribution in [0.25, 0.3) is 0 Å². The Balaban J connectivity index is 2.49. The number of pyridine rings is 1. The second-order valence-electron chi connectivity index (χ2n) is 3.56. The lowest BCUT2D eigenvalue weighted by atomic mass is 10.0. The predicted molar refractivity (Wildman–Crippen MR) is 62.3 cm³/mol. The average Bonchev–Trinajstić information content (AvgIpc) is 2.35. The van der Waals surface area contributed by atoms with Crippen LogP contribution in [0.2, 0.25) is 0 Å². The van der Waals surface area contributed by atoms with E-state index in [4.69, 9.17) is 0 Å². The van der Waals surface area contributed by atoms with Crippen molar-refractivity contribution in [3.05, 3.63) is 63.6 Å². The molecule has 1 atom stereocenters. The molecule has 6 heteroatoms. The lowest BCUT2D eigenvalue weighted by molar-refractivity contribution is 0.204. The lowest BCUT2D eigenvalue weighted by Gasteiger charge is -2.13. The summed E-state index contributed by atoms with van der Waals surface area (Å²) >= 11 is 2.90.